The van der Waals surface area contributed by atoms with Crippen molar-refractivity contribution < 1.29 is 0 Å². The normalized spacial score (nSPS) is 17.7. The van der Waals surface area contributed by atoms with Crippen LogP contribution in [0.3, 0.4) is 0 Å². The minimum Gasteiger partial charge on any atom is -0.368 e. The Morgan fingerprint density at radius 1 is 1.19 bits per heavy atom. The monoisotopic (exact) mass is 219 g/mol. The molecule has 0 spiro atoms. The molecule has 1 heterocycles. The van der Waals surface area contributed by atoms with Crippen LogP contribution in [-0.2, 0) is 0 Å². The van der Waals surface area contributed by atoms with Gasteiger partial charge in [-0.05, 0) is 26.7 Å². The zero-order valence-corrected chi connectivity index (χ0v) is 10.2. The van der Waals surface area contributed by atoms with Gasteiger partial charge in [0.1, 0.15) is 12.1 Å². The van der Waals surface area contributed by atoms with Crippen molar-refractivity contribution in [1.29, 1.82) is 0 Å². The molecule has 3 heteroatoms. The zero-order chi connectivity index (χ0) is 11.4. The van der Waals surface area contributed by atoms with Crippen molar-refractivity contribution in [3.05, 3.63) is 18.1 Å². The molecule has 1 aromatic rings. The summed E-state index contributed by atoms with van der Waals surface area (Å²) < 4.78 is 0. The maximum absolute atomic E-state index is 4.42. The number of nitrogens with one attached hydrogen (secondary N) is 1. The third-order valence-electron chi connectivity index (χ3n) is 3.15. The van der Waals surface area contributed by atoms with E-state index in [0.29, 0.717) is 12.0 Å². The van der Waals surface area contributed by atoms with Gasteiger partial charge in [-0.15, -0.1) is 0 Å². The van der Waals surface area contributed by atoms with Crippen molar-refractivity contribution in [2.45, 2.75) is 57.9 Å². The first kappa shape index (κ1) is 11.4. The first-order valence-electron chi connectivity index (χ1n) is 6.34. The molecule has 0 bridgehead atoms. The molecule has 2 rings (SSSR count). The molecule has 0 aliphatic heterocycles. The van der Waals surface area contributed by atoms with Crippen molar-refractivity contribution in [2.24, 2.45) is 0 Å². The molecule has 0 saturated heterocycles. The van der Waals surface area contributed by atoms with Gasteiger partial charge < -0.3 is 5.32 Å². The van der Waals surface area contributed by atoms with E-state index in [-0.39, 0.29) is 0 Å². The van der Waals surface area contributed by atoms with Crippen LogP contribution in [0, 0.1) is 0 Å². The first-order valence-corrected chi connectivity index (χ1v) is 6.34. The Morgan fingerprint density at radius 2 is 1.94 bits per heavy atom. The highest BCUT2D eigenvalue weighted by molar-refractivity contribution is 5.36. The summed E-state index contributed by atoms with van der Waals surface area (Å²) in [7, 11) is 0. The third kappa shape index (κ3) is 2.94. The number of nitrogens with zero attached hydrogens (tertiary/aromatic N) is 2. The lowest BCUT2D eigenvalue weighted by atomic mass is 9.87. The number of hydrogen-bond acceptors (Lipinski definition) is 3. The van der Waals surface area contributed by atoms with E-state index in [1.165, 1.54) is 37.8 Å². The van der Waals surface area contributed by atoms with Crippen LogP contribution < -0.4 is 5.32 Å². The summed E-state index contributed by atoms with van der Waals surface area (Å²) in [5, 5.41) is 3.33. The van der Waals surface area contributed by atoms with Gasteiger partial charge in [0.15, 0.2) is 0 Å². The van der Waals surface area contributed by atoms with Gasteiger partial charge >= 0.3 is 0 Å². The van der Waals surface area contributed by atoms with Crippen LogP contribution in [0.15, 0.2) is 12.4 Å². The predicted octanol–water partition coefficient (Wildman–Crippen LogP) is 3.34. The number of rotatable bonds is 3. The van der Waals surface area contributed by atoms with Crippen molar-refractivity contribution in [1.82, 2.24) is 9.97 Å². The smallest absolute Gasteiger partial charge is 0.129 e. The average molecular weight is 219 g/mol. The van der Waals surface area contributed by atoms with Crippen LogP contribution in [0.2, 0.25) is 0 Å². The lowest BCUT2D eigenvalue weighted by Gasteiger charge is -2.21. The highest BCUT2D eigenvalue weighted by Crippen LogP contribution is 2.31. The summed E-state index contributed by atoms with van der Waals surface area (Å²) in [6.07, 6.45) is 8.35. The van der Waals surface area contributed by atoms with Crippen molar-refractivity contribution in [3.63, 3.8) is 0 Å². The quantitative estimate of drug-likeness (QED) is 0.847. The van der Waals surface area contributed by atoms with Crippen molar-refractivity contribution in [2.75, 3.05) is 5.32 Å². The maximum atomic E-state index is 4.42. The van der Waals surface area contributed by atoms with Crippen LogP contribution in [0.1, 0.15) is 57.6 Å². The lowest BCUT2D eigenvalue weighted by Crippen LogP contribution is -2.13. The van der Waals surface area contributed by atoms with E-state index in [1.807, 2.05) is 0 Å². The molecule has 0 unspecified atom stereocenters. The molecule has 0 amide bonds. The Labute approximate surface area is 97.7 Å². The molecular weight excluding hydrogens is 198 g/mol. The fourth-order valence-corrected chi connectivity index (χ4v) is 2.37. The number of aromatic nitrogens is 2. The number of hydrogen-bond donors (Lipinski definition) is 1. The second kappa shape index (κ2) is 5.28. The fourth-order valence-electron chi connectivity index (χ4n) is 2.37. The third-order valence-corrected chi connectivity index (χ3v) is 3.15. The van der Waals surface area contributed by atoms with Gasteiger partial charge in [-0.3, -0.25) is 0 Å². The van der Waals surface area contributed by atoms with E-state index in [2.05, 4.69) is 35.2 Å². The highest BCUT2D eigenvalue weighted by atomic mass is 15.0. The molecule has 1 aliphatic carbocycles. The Balaban J connectivity index is 2.08. The van der Waals surface area contributed by atoms with Crippen LogP contribution in [0.25, 0.3) is 0 Å². The molecule has 0 aromatic carbocycles. The van der Waals surface area contributed by atoms with Crippen molar-refractivity contribution in [3.8, 4) is 0 Å². The molecule has 1 aliphatic rings. The second-order valence-corrected chi connectivity index (χ2v) is 4.96. The topological polar surface area (TPSA) is 37.8 Å². The Morgan fingerprint density at radius 3 is 2.62 bits per heavy atom. The first-order chi connectivity index (χ1) is 7.75. The molecular formula is C13H21N3. The zero-order valence-electron chi connectivity index (χ0n) is 10.2. The summed E-state index contributed by atoms with van der Waals surface area (Å²) in [6.45, 7) is 4.25. The molecule has 1 N–H and O–H groups in total. The Kier molecular flexibility index (Phi) is 3.75. The second-order valence-electron chi connectivity index (χ2n) is 4.96. The van der Waals surface area contributed by atoms with Crippen LogP contribution in [-0.4, -0.2) is 16.0 Å². The van der Waals surface area contributed by atoms with Gasteiger partial charge in [-0.1, -0.05) is 19.3 Å². The van der Waals surface area contributed by atoms with Gasteiger partial charge in [0.25, 0.3) is 0 Å². The number of anilines is 1. The van der Waals surface area contributed by atoms with E-state index in [4.69, 9.17) is 0 Å². The molecule has 16 heavy (non-hydrogen) atoms. The van der Waals surface area contributed by atoms with Crippen molar-refractivity contribution >= 4 is 5.82 Å². The maximum Gasteiger partial charge on any atom is 0.129 e. The predicted molar refractivity (Wildman–Crippen MR) is 66.6 cm³/mol. The minimum atomic E-state index is 0.425. The van der Waals surface area contributed by atoms with Crippen LogP contribution in [0.4, 0.5) is 5.82 Å². The van der Waals surface area contributed by atoms with E-state index in [0.717, 1.165) is 5.82 Å². The molecule has 1 saturated carbocycles. The summed E-state index contributed by atoms with van der Waals surface area (Å²) in [5.74, 6) is 1.62. The average Bonchev–Trinajstić information content (AvgIpc) is 2.30. The van der Waals surface area contributed by atoms with Gasteiger partial charge in [0.2, 0.25) is 0 Å². The molecule has 3 nitrogen and oxygen atoms in total. The van der Waals surface area contributed by atoms with E-state index >= 15 is 0 Å². The Hall–Kier alpha value is -1.12. The standard InChI is InChI=1S/C13H21N3/c1-10(2)16-13-8-12(14-9-15-13)11-6-4-3-5-7-11/h8-11H,3-7H2,1-2H3,(H,14,15,16). The summed E-state index contributed by atoms with van der Waals surface area (Å²) in [6, 6.07) is 2.55. The molecule has 1 fully saturated rings. The minimum absolute atomic E-state index is 0.425. The molecule has 88 valence electrons. The molecule has 0 radical (unpaired) electrons. The largest absolute Gasteiger partial charge is 0.368 e. The van der Waals surface area contributed by atoms with Gasteiger partial charge in [0, 0.05) is 23.7 Å². The van der Waals surface area contributed by atoms with Crippen LogP contribution in [0.5, 0.6) is 0 Å². The van der Waals surface area contributed by atoms with E-state index in [9.17, 15) is 0 Å². The molecule has 1 aromatic heterocycles. The summed E-state index contributed by atoms with van der Waals surface area (Å²) in [5.41, 5.74) is 1.22. The van der Waals surface area contributed by atoms with Gasteiger partial charge in [-0.25, -0.2) is 9.97 Å². The van der Waals surface area contributed by atoms with E-state index in [1.54, 1.807) is 6.33 Å². The van der Waals surface area contributed by atoms with E-state index < -0.39 is 0 Å². The summed E-state index contributed by atoms with van der Waals surface area (Å²) in [4.78, 5) is 8.67. The van der Waals surface area contributed by atoms with Crippen LogP contribution >= 0.6 is 0 Å². The van der Waals surface area contributed by atoms with Gasteiger partial charge in [-0.2, -0.15) is 0 Å². The molecule has 0 atom stereocenters. The lowest BCUT2D eigenvalue weighted by molar-refractivity contribution is 0.436. The fraction of sp³-hybridized carbons (Fsp3) is 0.692. The summed E-state index contributed by atoms with van der Waals surface area (Å²) >= 11 is 0. The highest BCUT2D eigenvalue weighted by Gasteiger charge is 2.17. The SMILES string of the molecule is CC(C)Nc1cc(C2CCCCC2)ncn1. The van der Waals surface area contributed by atoms with Gasteiger partial charge in [0.05, 0.1) is 0 Å². The Bertz CT molecular complexity index is 330.